The van der Waals surface area contributed by atoms with E-state index in [1.54, 1.807) is 14.1 Å². The summed E-state index contributed by atoms with van der Waals surface area (Å²) in [6.45, 7) is 6.32. The molecule has 25 heavy (non-hydrogen) atoms. The summed E-state index contributed by atoms with van der Waals surface area (Å²) in [7, 11) is 3.31. The SMILES string of the molecule is CCC(C)(C)OCC(=O)NC[C@H]1C[C@H](c2nn(C)c(=O)n2C)C[C@H]1O. The molecule has 1 aromatic heterocycles. The summed E-state index contributed by atoms with van der Waals surface area (Å²) in [5, 5.41) is 17.4. The quantitative estimate of drug-likeness (QED) is 0.734. The molecule has 0 unspecified atom stereocenters. The average molecular weight is 354 g/mol. The zero-order chi connectivity index (χ0) is 18.8. The molecule has 0 bridgehead atoms. The lowest BCUT2D eigenvalue weighted by atomic mass is 10.0. The molecule has 8 nitrogen and oxygen atoms in total. The summed E-state index contributed by atoms with van der Waals surface area (Å²) in [6.07, 6.45) is 1.54. The first-order valence-electron chi connectivity index (χ1n) is 8.83. The van der Waals surface area contributed by atoms with Gasteiger partial charge < -0.3 is 15.2 Å². The van der Waals surface area contributed by atoms with E-state index in [1.807, 2.05) is 20.8 Å². The number of nitrogens with zero attached hydrogens (tertiary/aromatic N) is 3. The molecular formula is C17H30N4O4. The third-order valence-electron chi connectivity index (χ3n) is 5.19. The second kappa shape index (κ2) is 7.70. The summed E-state index contributed by atoms with van der Waals surface area (Å²) in [6, 6.07) is 0. The fraction of sp³-hybridized carbons (Fsp3) is 0.824. The van der Waals surface area contributed by atoms with Gasteiger partial charge >= 0.3 is 5.69 Å². The highest BCUT2D eigenvalue weighted by Crippen LogP contribution is 2.36. The van der Waals surface area contributed by atoms with Gasteiger partial charge in [-0.2, -0.15) is 5.10 Å². The third kappa shape index (κ3) is 4.70. The van der Waals surface area contributed by atoms with E-state index in [0.29, 0.717) is 25.2 Å². The number of carbonyl (C=O) groups is 1. The molecule has 0 saturated heterocycles. The summed E-state index contributed by atoms with van der Waals surface area (Å²) in [5.74, 6) is 0.479. The highest BCUT2D eigenvalue weighted by molar-refractivity contribution is 5.77. The Kier molecular flexibility index (Phi) is 6.05. The van der Waals surface area contributed by atoms with Crippen molar-refractivity contribution in [2.45, 2.75) is 57.7 Å². The number of aryl methyl sites for hydroxylation is 1. The van der Waals surface area contributed by atoms with Crippen LogP contribution in [-0.4, -0.2) is 50.2 Å². The maximum Gasteiger partial charge on any atom is 0.345 e. The second-order valence-electron chi connectivity index (χ2n) is 7.53. The predicted molar refractivity (Wildman–Crippen MR) is 93.3 cm³/mol. The number of hydrogen-bond donors (Lipinski definition) is 2. The van der Waals surface area contributed by atoms with Gasteiger partial charge in [-0.25, -0.2) is 9.48 Å². The number of rotatable bonds is 7. The predicted octanol–water partition coefficient (Wildman–Crippen LogP) is 0.295. The Morgan fingerprint density at radius 3 is 2.64 bits per heavy atom. The van der Waals surface area contributed by atoms with Gasteiger partial charge in [-0.1, -0.05) is 6.92 Å². The number of hydrogen-bond acceptors (Lipinski definition) is 5. The minimum atomic E-state index is -0.518. The van der Waals surface area contributed by atoms with E-state index in [0.717, 1.165) is 6.42 Å². The Morgan fingerprint density at radius 2 is 2.08 bits per heavy atom. The van der Waals surface area contributed by atoms with Gasteiger partial charge in [-0.15, -0.1) is 0 Å². The second-order valence-corrected chi connectivity index (χ2v) is 7.53. The summed E-state index contributed by atoms with van der Waals surface area (Å²) in [5.41, 5.74) is -0.490. The molecule has 0 radical (unpaired) electrons. The zero-order valence-electron chi connectivity index (χ0n) is 15.8. The number of carbonyl (C=O) groups excluding carboxylic acids is 1. The van der Waals surface area contributed by atoms with Crippen molar-refractivity contribution < 1.29 is 14.6 Å². The van der Waals surface area contributed by atoms with Gasteiger partial charge in [-0.05, 0) is 33.1 Å². The maximum atomic E-state index is 11.9. The van der Waals surface area contributed by atoms with Crippen LogP contribution >= 0.6 is 0 Å². The van der Waals surface area contributed by atoms with E-state index in [-0.39, 0.29) is 35.6 Å². The summed E-state index contributed by atoms with van der Waals surface area (Å²) < 4.78 is 8.42. The Labute approximate surface area is 148 Å². The lowest BCUT2D eigenvalue weighted by Crippen LogP contribution is -2.37. The van der Waals surface area contributed by atoms with E-state index in [4.69, 9.17) is 4.74 Å². The fourth-order valence-electron chi connectivity index (χ4n) is 3.13. The van der Waals surface area contributed by atoms with Gasteiger partial charge in [0.25, 0.3) is 0 Å². The highest BCUT2D eigenvalue weighted by atomic mass is 16.5. The van der Waals surface area contributed by atoms with E-state index in [1.165, 1.54) is 9.25 Å². The minimum absolute atomic E-state index is 0.0157. The first-order valence-corrected chi connectivity index (χ1v) is 8.83. The van der Waals surface area contributed by atoms with Crippen LogP contribution in [0, 0.1) is 5.92 Å². The molecular weight excluding hydrogens is 324 g/mol. The molecule has 1 amide bonds. The molecule has 8 heteroatoms. The molecule has 2 rings (SSSR count). The Balaban J connectivity index is 1.86. The minimum Gasteiger partial charge on any atom is -0.393 e. The molecule has 1 fully saturated rings. The van der Waals surface area contributed by atoms with Crippen LogP contribution in [0.15, 0.2) is 4.79 Å². The van der Waals surface area contributed by atoms with Crippen molar-refractivity contribution in [3.8, 4) is 0 Å². The number of amides is 1. The molecule has 1 saturated carbocycles. The van der Waals surface area contributed by atoms with E-state index in [2.05, 4.69) is 10.4 Å². The van der Waals surface area contributed by atoms with Crippen molar-refractivity contribution in [2.24, 2.45) is 20.0 Å². The highest BCUT2D eigenvalue weighted by Gasteiger charge is 2.36. The van der Waals surface area contributed by atoms with Gasteiger partial charge in [0.15, 0.2) is 0 Å². The first kappa shape index (κ1) is 19.7. The normalized spacial score (nSPS) is 23.8. The molecule has 1 aromatic rings. The number of aliphatic hydroxyl groups is 1. The van der Waals surface area contributed by atoms with Gasteiger partial charge in [0.2, 0.25) is 5.91 Å². The van der Waals surface area contributed by atoms with Crippen molar-refractivity contribution in [3.63, 3.8) is 0 Å². The van der Waals surface area contributed by atoms with Crippen LogP contribution in [0.25, 0.3) is 0 Å². The van der Waals surface area contributed by atoms with Crippen LogP contribution < -0.4 is 11.0 Å². The molecule has 1 aliphatic carbocycles. The Bertz CT molecular complexity index is 664. The van der Waals surface area contributed by atoms with Crippen molar-refractivity contribution in [1.29, 1.82) is 0 Å². The zero-order valence-corrected chi connectivity index (χ0v) is 15.8. The van der Waals surface area contributed by atoms with Gasteiger partial charge in [0.05, 0.1) is 11.7 Å². The molecule has 2 N–H and O–H groups in total. The largest absolute Gasteiger partial charge is 0.393 e. The van der Waals surface area contributed by atoms with E-state index >= 15 is 0 Å². The fourth-order valence-corrected chi connectivity index (χ4v) is 3.13. The number of aromatic nitrogens is 3. The topological polar surface area (TPSA) is 98.4 Å². The van der Waals surface area contributed by atoms with Crippen molar-refractivity contribution >= 4 is 5.91 Å². The lowest BCUT2D eigenvalue weighted by Gasteiger charge is -2.23. The van der Waals surface area contributed by atoms with Crippen LogP contribution in [0.1, 0.15) is 51.8 Å². The number of aliphatic hydroxyl groups excluding tert-OH is 1. The smallest absolute Gasteiger partial charge is 0.345 e. The van der Waals surface area contributed by atoms with Gasteiger partial charge in [-0.3, -0.25) is 9.36 Å². The van der Waals surface area contributed by atoms with Gasteiger partial charge in [0, 0.05) is 32.5 Å². The molecule has 0 aliphatic heterocycles. The average Bonchev–Trinajstić information content (AvgIpc) is 3.06. The van der Waals surface area contributed by atoms with Crippen LogP contribution in [-0.2, 0) is 23.6 Å². The molecule has 142 valence electrons. The summed E-state index contributed by atoms with van der Waals surface area (Å²) >= 11 is 0. The van der Waals surface area contributed by atoms with E-state index in [9.17, 15) is 14.7 Å². The first-order chi connectivity index (χ1) is 11.6. The van der Waals surface area contributed by atoms with Gasteiger partial charge in [0.1, 0.15) is 12.4 Å². The molecule has 0 aromatic carbocycles. The molecule has 1 aliphatic rings. The van der Waals surface area contributed by atoms with Crippen LogP contribution in [0.4, 0.5) is 0 Å². The standard InChI is InChI=1S/C17H30N4O4/c1-6-17(2,3)25-10-14(23)18-9-12-7-11(8-13(12)22)15-19-21(5)16(24)20(15)4/h11-13,22H,6-10H2,1-5H3,(H,18,23)/t11-,12+,13+/m0/s1. The molecule has 1 heterocycles. The van der Waals surface area contributed by atoms with Crippen molar-refractivity contribution in [3.05, 3.63) is 16.3 Å². The summed E-state index contributed by atoms with van der Waals surface area (Å²) in [4.78, 5) is 23.8. The lowest BCUT2D eigenvalue weighted by molar-refractivity contribution is -0.131. The number of nitrogens with one attached hydrogen (secondary N) is 1. The monoisotopic (exact) mass is 354 g/mol. The van der Waals surface area contributed by atoms with Crippen LogP contribution in [0.5, 0.6) is 0 Å². The maximum absolute atomic E-state index is 11.9. The van der Waals surface area contributed by atoms with E-state index < -0.39 is 6.10 Å². The van der Waals surface area contributed by atoms with Crippen LogP contribution in [0.3, 0.4) is 0 Å². The molecule has 3 atom stereocenters. The molecule has 0 spiro atoms. The third-order valence-corrected chi connectivity index (χ3v) is 5.19. The Hall–Kier alpha value is -1.67. The van der Waals surface area contributed by atoms with Crippen LogP contribution in [0.2, 0.25) is 0 Å². The Morgan fingerprint density at radius 1 is 1.40 bits per heavy atom. The number of ether oxygens (including phenoxy) is 1. The van der Waals surface area contributed by atoms with Crippen molar-refractivity contribution in [1.82, 2.24) is 19.7 Å². The van der Waals surface area contributed by atoms with Crippen molar-refractivity contribution in [2.75, 3.05) is 13.2 Å².